The van der Waals surface area contributed by atoms with E-state index in [-0.39, 0.29) is 17.5 Å². The van der Waals surface area contributed by atoms with Crippen LogP contribution in [0.1, 0.15) is 22.9 Å². The van der Waals surface area contributed by atoms with E-state index < -0.39 is 6.04 Å². The second kappa shape index (κ2) is 8.49. The van der Waals surface area contributed by atoms with Gasteiger partial charge < -0.3 is 5.32 Å². The molecule has 0 saturated heterocycles. The molecule has 0 fully saturated rings. The summed E-state index contributed by atoms with van der Waals surface area (Å²) in [7, 11) is 0. The Morgan fingerprint density at radius 2 is 1.92 bits per heavy atom. The Morgan fingerprint density at radius 3 is 2.62 bits per heavy atom. The molecule has 0 aliphatic carbocycles. The predicted molar refractivity (Wildman–Crippen MR) is 98.5 cm³/mol. The minimum atomic E-state index is -0.486. The van der Waals surface area contributed by atoms with Gasteiger partial charge in [-0.2, -0.15) is 0 Å². The van der Waals surface area contributed by atoms with Crippen molar-refractivity contribution in [1.29, 1.82) is 0 Å². The first-order valence-corrected chi connectivity index (χ1v) is 8.91. The van der Waals surface area contributed by atoms with Gasteiger partial charge in [-0.25, -0.2) is 13.8 Å². The first kappa shape index (κ1) is 17.9. The molecule has 0 aliphatic rings. The van der Waals surface area contributed by atoms with Crippen LogP contribution in [0.15, 0.2) is 65.5 Å². The molecule has 0 unspecified atom stereocenters. The van der Waals surface area contributed by atoms with Crippen LogP contribution in [0.25, 0.3) is 6.08 Å². The van der Waals surface area contributed by atoms with Gasteiger partial charge in [-0.1, -0.05) is 24.3 Å². The van der Waals surface area contributed by atoms with E-state index in [1.54, 1.807) is 35.9 Å². The van der Waals surface area contributed by atoms with Gasteiger partial charge in [-0.05, 0) is 47.9 Å². The summed E-state index contributed by atoms with van der Waals surface area (Å²) in [5, 5.41) is 4.67. The fourth-order valence-corrected chi connectivity index (χ4v) is 3.08. The van der Waals surface area contributed by atoms with Gasteiger partial charge in [0, 0.05) is 11.5 Å². The number of carbonyl (C=O) groups excluding carboxylic acids is 1. The van der Waals surface area contributed by atoms with Crippen LogP contribution >= 0.6 is 11.3 Å². The van der Waals surface area contributed by atoms with Gasteiger partial charge in [0.05, 0.1) is 17.2 Å². The number of carbonyl (C=O) groups is 1. The molecule has 26 heavy (non-hydrogen) atoms. The lowest BCUT2D eigenvalue weighted by Crippen LogP contribution is -2.28. The molecule has 132 valence electrons. The van der Waals surface area contributed by atoms with Crippen molar-refractivity contribution < 1.29 is 13.6 Å². The highest BCUT2D eigenvalue weighted by molar-refractivity contribution is 7.07. The Morgan fingerprint density at radius 1 is 1.15 bits per heavy atom. The SMILES string of the molecule is O=C(/C=C/c1cscn1)N[C@H](Cc1cccc(F)c1)c1cccc(F)c1. The number of hydrogen-bond donors (Lipinski definition) is 1. The monoisotopic (exact) mass is 370 g/mol. The quantitative estimate of drug-likeness (QED) is 0.648. The molecule has 1 amide bonds. The molecule has 1 aromatic heterocycles. The fourth-order valence-electron chi connectivity index (χ4n) is 2.56. The van der Waals surface area contributed by atoms with E-state index in [2.05, 4.69) is 10.3 Å². The molecular weight excluding hydrogens is 354 g/mol. The Kier molecular flexibility index (Phi) is 5.86. The number of nitrogens with one attached hydrogen (secondary N) is 1. The summed E-state index contributed by atoms with van der Waals surface area (Å²) < 4.78 is 27.1. The van der Waals surface area contributed by atoms with Crippen molar-refractivity contribution in [3.63, 3.8) is 0 Å². The summed E-state index contributed by atoms with van der Waals surface area (Å²) in [6.07, 6.45) is 3.33. The average molecular weight is 370 g/mol. The zero-order chi connectivity index (χ0) is 18.4. The lowest BCUT2D eigenvalue weighted by molar-refractivity contribution is -0.117. The second-order valence-corrected chi connectivity index (χ2v) is 6.42. The highest BCUT2D eigenvalue weighted by atomic mass is 32.1. The maximum atomic E-state index is 13.6. The smallest absolute Gasteiger partial charge is 0.244 e. The maximum Gasteiger partial charge on any atom is 0.244 e. The van der Waals surface area contributed by atoms with E-state index >= 15 is 0 Å². The van der Waals surface area contributed by atoms with Gasteiger partial charge >= 0.3 is 0 Å². The first-order chi connectivity index (χ1) is 12.6. The van der Waals surface area contributed by atoms with E-state index in [0.29, 0.717) is 23.2 Å². The second-order valence-electron chi connectivity index (χ2n) is 5.70. The molecule has 0 saturated carbocycles. The maximum absolute atomic E-state index is 13.6. The molecule has 2 aromatic carbocycles. The van der Waals surface area contributed by atoms with Crippen LogP contribution in [0.5, 0.6) is 0 Å². The Bertz CT molecular complexity index is 910. The molecule has 1 N–H and O–H groups in total. The average Bonchev–Trinajstić information content (AvgIpc) is 3.13. The standard InChI is InChI=1S/C20H16F2N2OS/c21-16-5-1-3-14(9-16)10-19(15-4-2-6-17(22)11-15)24-20(25)8-7-18-12-26-13-23-18/h1-9,11-13,19H,10H2,(H,24,25)/b8-7+/t19-/m1/s1. The van der Waals surface area contributed by atoms with Gasteiger partial charge in [-0.15, -0.1) is 11.3 Å². The van der Waals surface area contributed by atoms with E-state index in [1.807, 2.05) is 5.38 Å². The Hall–Kier alpha value is -2.86. The number of aromatic nitrogens is 1. The fraction of sp³-hybridized carbons (Fsp3) is 0.100. The van der Waals surface area contributed by atoms with Crippen molar-refractivity contribution in [3.8, 4) is 0 Å². The molecule has 1 atom stereocenters. The molecule has 1 heterocycles. The van der Waals surface area contributed by atoms with Crippen molar-refractivity contribution in [1.82, 2.24) is 10.3 Å². The highest BCUT2D eigenvalue weighted by Crippen LogP contribution is 2.20. The summed E-state index contributed by atoms with van der Waals surface area (Å²) in [4.78, 5) is 16.3. The third-order valence-corrected chi connectivity index (χ3v) is 4.36. The van der Waals surface area contributed by atoms with Crippen molar-refractivity contribution in [2.75, 3.05) is 0 Å². The van der Waals surface area contributed by atoms with Crippen LogP contribution < -0.4 is 5.32 Å². The number of halogens is 2. The minimum Gasteiger partial charge on any atom is -0.345 e. The summed E-state index contributed by atoms with van der Waals surface area (Å²) in [5.41, 5.74) is 3.70. The lowest BCUT2D eigenvalue weighted by atomic mass is 9.98. The number of nitrogens with zero attached hydrogens (tertiary/aromatic N) is 1. The summed E-state index contributed by atoms with van der Waals surface area (Å²) in [6.45, 7) is 0. The van der Waals surface area contributed by atoms with Gasteiger partial charge in [-0.3, -0.25) is 4.79 Å². The van der Waals surface area contributed by atoms with Gasteiger partial charge in [0.15, 0.2) is 0 Å². The van der Waals surface area contributed by atoms with Crippen molar-refractivity contribution in [2.45, 2.75) is 12.5 Å². The topological polar surface area (TPSA) is 42.0 Å². The Labute approximate surface area is 154 Å². The van der Waals surface area contributed by atoms with Crippen LogP contribution in [-0.2, 0) is 11.2 Å². The third-order valence-electron chi connectivity index (χ3n) is 3.75. The van der Waals surface area contributed by atoms with E-state index in [0.717, 1.165) is 0 Å². The normalized spacial score (nSPS) is 12.2. The summed E-state index contributed by atoms with van der Waals surface area (Å²) in [5.74, 6) is -1.07. The molecule has 6 heteroatoms. The number of amides is 1. The third kappa shape index (κ3) is 5.07. The van der Waals surface area contributed by atoms with Crippen LogP contribution in [0.2, 0.25) is 0 Å². The van der Waals surface area contributed by atoms with E-state index in [1.165, 1.54) is 41.7 Å². The van der Waals surface area contributed by atoms with Crippen LogP contribution in [0, 0.1) is 11.6 Å². The molecule has 0 aliphatic heterocycles. The van der Waals surface area contributed by atoms with Crippen LogP contribution in [-0.4, -0.2) is 10.9 Å². The number of benzene rings is 2. The highest BCUT2D eigenvalue weighted by Gasteiger charge is 2.15. The Balaban J connectivity index is 1.79. The van der Waals surface area contributed by atoms with Gasteiger partial charge in [0.25, 0.3) is 0 Å². The van der Waals surface area contributed by atoms with E-state index in [9.17, 15) is 13.6 Å². The molecule has 3 nitrogen and oxygen atoms in total. The lowest BCUT2D eigenvalue weighted by Gasteiger charge is -2.19. The van der Waals surface area contributed by atoms with E-state index in [4.69, 9.17) is 0 Å². The predicted octanol–water partition coefficient (Wildman–Crippen LogP) is 4.53. The molecule has 3 rings (SSSR count). The van der Waals surface area contributed by atoms with Crippen LogP contribution in [0.4, 0.5) is 8.78 Å². The molecule has 0 bridgehead atoms. The minimum absolute atomic E-state index is 0.330. The van der Waals surface area contributed by atoms with Crippen molar-refractivity contribution >= 4 is 23.3 Å². The summed E-state index contributed by atoms with van der Waals surface area (Å²) >= 11 is 1.44. The zero-order valence-electron chi connectivity index (χ0n) is 13.7. The molecule has 0 radical (unpaired) electrons. The molecular formula is C20H16F2N2OS. The first-order valence-electron chi connectivity index (χ1n) is 7.97. The van der Waals surface area contributed by atoms with Gasteiger partial charge in [0.2, 0.25) is 5.91 Å². The summed E-state index contributed by atoms with van der Waals surface area (Å²) in [6, 6.07) is 11.7. The van der Waals surface area contributed by atoms with Crippen molar-refractivity contribution in [2.24, 2.45) is 0 Å². The van der Waals surface area contributed by atoms with Gasteiger partial charge in [0.1, 0.15) is 11.6 Å². The number of thiazole rings is 1. The molecule has 0 spiro atoms. The van der Waals surface area contributed by atoms with Crippen molar-refractivity contribution in [3.05, 3.63) is 94.0 Å². The largest absolute Gasteiger partial charge is 0.345 e. The number of hydrogen-bond acceptors (Lipinski definition) is 3. The number of rotatable bonds is 6. The molecule has 3 aromatic rings. The van der Waals surface area contributed by atoms with Crippen LogP contribution in [0.3, 0.4) is 0 Å². The zero-order valence-corrected chi connectivity index (χ0v) is 14.5.